The van der Waals surface area contributed by atoms with Crippen LogP contribution in [-0.2, 0) is 13.2 Å². The molecule has 1 saturated carbocycles. The molecular weight excluding hydrogens is 152 g/mol. The number of aromatic nitrogens is 2. The minimum absolute atomic E-state index is 0.0454. The summed E-state index contributed by atoms with van der Waals surface area (Å²) in [6, 6.07) is 0. The fourth-order valence-corrected chi connectivity index (χ4v) is 1.39. The van der Waals surface area contributed by atoms with Gasteiger partial charge in [0.15, 0.2) is 0 Å². The predicted molar refractivity (Wildman–Crippen MR) is 45.5 cm³/mol. The van der Waals surface area contributed by atoms with E-state index in [2.05, 4.69) is 16.5 Å². The molecule has 0 amide bonds. The zero-order valence-electron chi connectivity index (χ0n) is 7.32. The lowest BCUT2D eigenvalue weighted by Crippen LogP contribution is -2.05. The quantitative estimate of drug-likeness (QED) is 0.732. The third-order valence-electron chi connectivity index (χ3n) is 2.52. The molecule has 1 heterocycles. The third kappa shape index (κ3) is 1.50. The van der Waals surface area contributed by atoms with E-state index in [1.807, 2.05) is 6.20 Å². The van der Waals surface area contributed by atoms with Crippen LogP contribution in [0.15, 0.2) is 12.5 Å². The Morgan fingerprint density at radius 3 is 2.92 bits per heavy atom. The van der Waals surface area contributed by atoms with E-state index in [9.17, 15) is 0 Å². The number of hydrogen-bond donors (Lipinski definition) is 1. The molecule has 1 aliphatic rings. The zero-order chi connectivity index (χ0) is 8.60. The molecule has 0 aromatic carbocycles. The maximum Gasteiger partial charge on any atom is 0.0950 e. The van der Waals surface area contributed by atoms with Crippen LogP contribution in [0.25, 0.3) is 0 Å². The predicted octanol–water partition coefficient (Wildman–Crippen LogP) is 1.18. The van der Waals surface area contributed by atoms with Crippen molar-refractivity contribution in [2.45, 2.75) is 32.9 Å². The van der Waals surface area contributed by atoms with Gasteiger partial charge >= 0.3 is 0 Å². The van der Waals surface area contributed by atoms with Crippen molar-refractivity contribution < 1.29 is 5.11 Å². The molecule has 0 spiro atoms. The van der Waals surface area contributed by atoms with Crippen molar-refractivity contribution in [1.82, 2.24) is 9.55 Å². The highest BCUT2D eigenvalue weighted by atomic mass is 16.3. The number of rotatable bonds is 3. The average molecular weight is 166 g/mol. The second-order valence-electron chi connectivity index (χ2n) is 4.01. The van der Waals surface area contributed by atoms with Crippen LogP contribution in [0.2, 0.25) is 0 Å². The van der Waals surface area contributed by atoms with Crippen molar-refractivity contribution in [3.8, 4) is 0 Å². The first kappa shape index (κ1) is 7.80. The molecule has 1 aromatic rings. The Kier molecular flexibility index (Phi) is 1.68. The van der Waals surface area contributed by atoms with Crippen LogP contribution >= 0.6 is 0 Å². The third-order valence-corrected chi connectivity index (χ3v) is 2.52. The lowest BCUT2D eigenvalue weighted by molar-refractivity contribution is 0.277. The van der Waals surface area contributed by atoms with E-state index in [0.717, 1.165) is 12.2 Å². The highest BCUT2D eigenvalue weighted by Gasteiger charge is 2.37. The molecule has 0 bridgehead atoms. The number of aliphatic hydroxyl groups excluding tert-OH is 1. The van der Waals surface area contributed by atoms with Gasteiger partial charge in [0.25, 0.3) is 0 Å². The molecule has 0 radical (unpaired) electrons. The van der Waals surface area contributed by atoms with Crippen molar-refractivity contribution in [3.05, 3.63) is 18.2 Å². The van der Waals surface area contributed by atoms with Gasteiger partial charge < -0.3 is 9.67 Å². The molecule has 0 saturated heterocycles. The Morgan fingerprint density at radius 2 is 2.42 bits per heavy atom. The second kappa shape index (κ2) is 2.59. The highest BCUT2D eigenvalue weighted by molar-refractivity contribution is 4.97. The van der Waals surface area contributed by atoms with Crippen LogP contribution < -0.4 is 0 Å². The van der Waals surface area contributed by atoms with E-state index >= 15 is 0 Å². The molecule has 0 atom stereocenters. The summed E-state index contributed by atoms with van der Waals surface area (Å²) in [5, 5.41) is 8.79. The van der Waals surface area contributed by atoms with Crippen molar-refractivity contribution >= 4 is 0 Å². The summed E-state index contributed by atoms with van der Waals surface area (Å²) in [5.41, 5.74) is 1.27. The summed E-state index contributed by atoms with van der Waals surface area (Å²) in [4.78, 5) is 4.06. The Bertz CT molecular complexity index is 276. The van der Waals surface area contributed by atoms with Crippen molar-refractivity contribution in [1.29, 1.82) is 0 Å². The Hall–Kier alpha value is -0.830. The van der Waals surface area contributed by atoms with Crippen LogP contribution in [0.3, 0.4) is 0 Å². The first-order chi connectivity index (χ1) is 5.72. The molecule has 0 aliphatic heterocycles. The molecule has 66 valence electrons. The molecule has 0 unspecified atom stereocenters. The van der Waals surface area contributed by atoms with Gasteiger partial charge in [-0.2, -0.15) is 0 Å². The number of imidazole rings is 1. The summed E-state index contributed by atoms with van der Waals surface area (Å²) >= 11 is 0. The first-order valence-corrected chi connectivity index (χ1v) is 4.33. The zero-order valence-corrected chi connectivity index (χ0v) is 7.32. The van der Waals surface area contributed by atoms with Gasteiger partial charge in [0.2, 0.25) is 0 Å². The van der Waals surface area contributed by atoms with E-state index in [0.29, 0.717) is 5.41 Å². The minimum atomic E-state index is 0.0454. The summed E-state index contributed by atoms with van der Waals surface area (Å²) in [6.45, 7) is 3.37. The van der Waals surface area contributed by atoms with E-state index in [4.69, 9.17) is 5.11 Å². The SMILES string of the molecule is CC1(Cn2cnc(CO)c2)CC1. The van der Waals surface area contributed by atoms with Gasteiger partial charge in [-0.25, -0.2) is 4.98 Å². The number of nitrogens with zero attached hydrogens (tertiary/aromatic N) is 2. The first-order valence-electron chi connectivity index (χ1n) is 4.33. The lowest BCUT2D eigenvalue weighted by Gasteiger charge is -2.07. The van der Waals surface area contributed by atoms with Crippen LogP contribution in [0.1, 0.15) is 25.5 Å². The van der Waals surface area contributed by atoms with Gasteiger partial charge in [-0.3, -0.25) is 0 Å². The average Bonchev–Trinajstić information content (AvgIpc) is 2.63. The summed E-state index contributed by atoms with van der Waals surface area (Å²) in [5.74, 6) is 0. The monoisotopic (exact) mass is 166 g/mol. The van der Waals surface area contributed by atoms with Crippen LogP contribution in [0.5, 0.6) is 0 Å². The number of hydrogen-bond acceptors (Lipinski definition) is 2. The van der Waals surface area contributed by atoms with Crippen LogP contribution in [-0.4, -0.2) is 14.7 Å². The summed E-state index contributed by atoms with van der Waals surface area (Å²) in [6.07, 6.45) is 6.36. The maximum atomic E-state index is 8.79. The van der Waals surface area contributed by atoms with Gasteiger partial charge in [0, 0.05) is 12.7 Å². The summed E-state index contributed by atoms with van der Waals surface area (Å²) in [7, 11) is 0. The molecule has 1 aromatic heterocycles. The van der Waals surface area contributed by atoms with E-state index in [1.54, 1.807) is 6.33 Å². The summed E-state index contributed by atoms with van der Waals surface area (Å²) < 4.78 is 2.07. The Labute approximate surface area is 72.0 Å². The van der Waals surface area contributed by atoms with Gasteiger partial charge in [-0.1, -0.05) is 6.92 Å². The van der Waals surface area contributed by atoms with Gasteiger partial charge in [0.05, 0.1) is 18.6 Å². The Balaban J connectivity index is 2.03. The fourth-order valence-electron chi connectivity index (χ4n) is 1.39. The van der Waals surface area contributed by atoms with Gasteiger partial charge in [0.1, 0.15) is 0 Å². The van der Waals surface area contributed by atoms with Crippen molar-refractivity contribution in [2.24, 2.45) is 5.41 Å². The lowest BCUT2D eigenvalue weighted by atomic mass is 10.1. The molecule has 1 aliphatic carbocycles. The second-order valence-corrected chi connectivity index (χ2v) is 4.01. The van der Waals surface area contributed by atoms with Gasteiger partial charge in [-0.15, -0.1) is 0 Å². The standard InChI is InChI=1S/C9H14N2O/c1-9(2-3-9)6-11-4-8(5-12)10-7-11/h4,7,12H,2-3,5-6H2,1H3. The topological polar surface area (TPSA) is 38.0 Å². The highest BCUT2D eigenvalue weighted by Crippen LogP contribution is 2.46. The molecule has 1 fully saturated rings. The van der Waals surface area contributed by atoms with Crippen LogP contribution in [0.4, 0.5) is 0 Å². The van der Waals surface area contributed by atoms with Crippen LogP contribution in [0, 0.1) is 5.41 Å². The Morgan fingerprint density at radius 1 is 1.67 bits per heavy atom. The van der Waals surface area contributed by atoms with Gasteiger partial charge in [-0.05, 0) is 18.3 Å². The molecule has 12 heavy (non-hydrogen) atoms. The van der Waals surface area contributed by atoms with E-state index in [1.165, 1.54) is 12.8 Å². The fraction of sp³-hybridized carbons (Fsp3) is 0.667. The van der Waals surface area contributed by atoms with Crippen molar-refractivity contribution in [2.75, 3.05) is 0 Å². The minimum Gasteiger partial charge on any atom is -0.390 e. The molecular formula is C9H14N2O. The van der Waals surface area contributed by atoms with Crippen molar-refractivity contribution in [3.63, 3.8) is 0 Å². The molecule has 3 nitrogen and oxygen atoms in total. The molecule has 1 N–H and O–H groups in total. The van der Waals surface area contributed by atoms with E-state index < -0.39 is 0 Å². The molecule has 3 heteroatoms. The maximum absolute atomic E-state index is 8.79. The smallest absolute Gasteiger partial charge is 0.0950 e. The van der Waals surface area contributed by atoms with E-state index in [-0.39, 0.29) is 6.61 Å². The molecule has 2 rings (SSSR count). The normalized spacial score (nSPS) is 19.5. The largest absolute Gasteiger partial charge is 0.390 e. The number of aliphatic hydroxyl groups is 1.